The molecule has 1 heterocycles. The number of hydrogen-bond acceptors (Lipinski definition) is 3. The van der Waals surface area contributed by atoms with Gasteiger partial charge in [0, 0.05) is 0 Å². The third kappa shape index (κ3) is 1.66. The normalized spacial score (nSPS) is 33.3. The number of benzene rings is 2. The van der Waals surface area contributed by atoms with Crippen molar-refractivity contribution in [2.45, 2.75) is 43.0 Å². The predicted octanol–water partition coefficient (Wildman–Crippen LogP) is 3.62. The van der Waals surface area contributed by atoms with Crippen LogP contribution in [-0.4, -0.2) is 17.7 Å². The van der Waals surface area contributed by atoms with Gasteiger partial charge in [-0.05, 0) is 48.9 Å². The first-order chi connectivity index (χ1) is 11.3. The molecule has 3 aliphatic rings. The molecule has 0 radical (unpaired) electrons. The van der Waals surface area contributed by atoms with E-state index in [1.54, 1.807) is 12.1 Å². The number of hydrogen-bond donors (Lipinski definition) is 0. The van der Waals surface area contributed by atoms with E-state index in [0.29, 0.717) is 5.56 Å². The molecule has 2 aromatic rings. The van der Waals surface area contributed by atoms with E-state index in [1.807, 2.05) is 18.2 Å². The lowest BCUT2D eigenvalue weighted by molar-refractivity contribution is 0.000692. The second-order valence-corrected chi connectivity index (χ2v) is 6.79. The van der Waals surface area contributed by atoms with E-state index >= 15 is 0 Å². The molecule has 116 valence electrons. The summed E-state index contributed by atoms with van der Waals surface area (Å²) in [5, 5.41) is 0. The molecule has 3 nitrogen and oxygen atoms in total. The molecule has 0 spiro atoms. The van der Waals surface area contributed by atoms with Crippen molar-refractivity contribution in [1.82, 2.24) is 0 Å². The van der Waals surface area contributed by atoms with Crippen molar-refractivity contribution in [2.75, 3.05) is 0 Å². The number of rotatable bonds is 2. The average Bonchev–Trinajstić information content (AvgIpc) is 3.21. The van der Waals surface area contributed by atoms with Crippen molar-refractivity contribution in [3.63, 3.8) is 0 Å². The van der Waals surface area contributed by atoms with Gasteiger partial charge in [0.25, 0.3) is 0 Å². The Morgan fingerprint density at radius 1 is 1.04 bits per heavy atom. The summed E-state index contributed by atoms with van der Waals surface area (Å²) in [6.07, 6.45) is 3.76. The van der Waals surface area contributed by atoms with Crippen LogP contribution in [0.1, 0.15) is 40.7 Å². The van der Waals surface area contributed by atoms with Crippen LogP contribution in [0.3, 0.4) is 0 Å². The van der Waals surface area contributed by atoms with Crippen LogP contribution < -0.4 is 0 Å². The van der Waals surface area contributed by atoms with E-state index in [4.69, 9.17) is 9.47 Å². The van der Waals surface area contributed by atoms with Crippen molar-refractivity contribution < 1.29 is 14.3 Å². The summed E-state index contributed by atoms with van der Waals surface area (Å²) in [5.74, 6) is -0.251. The lowest BCUT2D eigenvalue weighted by Crippen LogP contribution is -2.35. The van der Waals surface area contributed by atoms with Gasteiger partial charge < -0.3 is 9.47 Å². The van der Waals surface area contributed by atoms with Crippen LogP contribution in [0.4, 0.5) is 0 Å². The number of carbonyl (C=O) groups excluding carboxylic acids is 1. The van der Waals surface area contributed by atoms with Gasteiger partial charge in [0.05, 0.1) is 5.56 Å². The first kappa shape index (κ1) is 13.3. The summed E-state index contributed by atoms with van der Waals surface area (Å²) >= 11 is 0. The van der Waals surface area contributed by atoms with Crippen LogP contribution in [0.2, 0.25) is 0 Å². The number of epoxide rings is 1. The van der Waals surface area contributed by atoms with Gasteiger partial charge in [-0.1, -0.05) is 42.5 Å². The molecular weight excluding hydrogens is 288 g/mol. The third-order valence-corrected chi connectivity index (χ3v) is 5.73. The summed E-state index contributed by atoms with van der Waals surface area (Å²) < 4.78 is 12.2. The minimum absolute atomic E-state index is 0.0943. The van der Waals surface area contributed by atoms with Crippen molar-refractivity contribution in [2.24, 2.45) is 0 Å². The summed E-state index contributed by atoms with van der Waals surface area (Å²) in [7, 11) is 0. The fourth-order valence-electron chi connectivity index (χ4n) is 4.63. The van der Waals surface area contributed by atoms with E-state index in [2.05, 4.69) is 24.3 Å². The maximum atomic E-state index is 12.5. The highest BCUT2D eigenvalue weighted by molar-refractivity contribution is 5.89. The minimum Gasteiger partial charge on any atom is -0.455 e. The summed E-state index contributed by atoms with van der Waals surface area (Å²) in [6.45, 7) is 0. The zero-order valence-electron chi connectivity index (χ0n) is 12.8. The van der Waals surface area contributed by atoms with Gasteiger partial charge in [-0.15, -0.1) is 0 Å². The van der Waals surface area contributed by atoms with Crippen molar-refractivity contribution >= 4 is 5.97 Å². The maximum absolute atomic E-state index is 12.5. The predicted molar refractivity (Wildman–Crippen MR) is 85.1 cm³/mol. The standard InChI is InChI=1S/C20H18O3/c21-18(15-7-2-1-3-8-15)22-17-11-13-19-12-10-14-6-4-5-9-16(14)20(17,19)23-19/h1-9,17H,10-13H2/t17-,19+,20-/m0/s1. The molecule has 2 fully saturated rings. The first-order valence-electron chi connectivity index (χ1n) is 8.30. The van der Waals surface area contributed by atoms with Crippen LogP contribution in [0.15, 0.2) is 54.6 Å². The number of carbonyl (C=O) groups is 1. The molecule has 5 rings (SSSR count). The Kier molecular flexibility index (Phi) is 2.58. The summed E-state index contributed by atoms with van der Waals surface area (Å²) in [4.78, 5) is 12.5. The highest BCUT2D eigenvalue weighted by atomic mass is 16.7. The second-order valence-electron chi connectivity index (χ2n) is 6.79. The largest absolute Gasteiger partial charge is 0.455 e. The fraction of sp³-hybridized carbons (Fsp3) is 0.350. The monoisotopic (exact) mass is 306 g/mol. The van der Waals surface area contributed by atoms with Crippen molar-refractivity contribution in [3.05, 3.63) is 71.3 Å². The lowest BCUT2D eigenvalue weighted by atomic mass is 9.76. The molecule has 2 aliphatic carbocycles. The molecule has 0 amide bonds. The summed E-state index contributed by atoms with van der Waals surface area (Å²) in [5.41, 5.74) is 2.68. The molecule has 0 aromatic heterocycles. The molecule has 2 aromatic carbocycles. The van der Waals surface area contributed by atoms with Crippen molar-refractivity contribution in [1.29, 1.82) is 0 Å². The Bertz CT molecular complexity index is 784. The van der Waals surface area contributed by atoms with E-state index < -0.39 is 5.60 Å². The van der Waals surface area contributed by atoms with E-state index in [1.165, 1.54) is 11.1 Å². The lowest BCUT2D eigenvalue weighted by Gasteiger charge is -2.27. The maximum Gasteiger partial charge on any atom is 0.338 e. The minimum atomic E-state index is -0.397. The van der Waals surface area contributed by atoms with Crippen LogP contribution in [-0.2, 0) is 21.5 Å². The number of fused-ring (bicyclic) bond motifs is 1. The quantitative estimate of drug-likeness (QED) is 0.628. The van der Waals surface area contributed by atoms with Gasteiger partial charge in [-0.3, -0.25) is 0 Å². The van der Waals surface area contributed by atoms with Gasteiger partial charge in [0.15, 0.2) is 5.60 Å². The van der Waals surface area contributed by atoms with Gasteiger partial charge in [-0.2, -0.15) is 0 Å². The Morgan fingerprint density at radius 2 is 1.83 bits per heavy atom. The Morgan fingerprint density at radius 3 is 2.70 bits per heavy atom. The highest BCUT2D eigenvalue weighted by Crippen LogP contribution is 2.70. The van der Waals surface area contributed by atoms with Crippen LogP contribution >= 0.6 is 0 Å². The second kappa shape index (κ2) is 4.45. The fourth-order valence-corrected chi connectivity index (χ4v) is 4.63. The number of aryl methyl sites for hydroxylation is 1. The smallest absolute Gasteiger partial charge is 0.338 e. The molecule has 1 saturated carbocycles. The molecule has 0 bridgehead atoms. The van der Waals surface area contributed by atoms with Crippen LogP contribution in [0, 0.1) is 0 Å². The van der Waals surface area contributed by atoms with Gasteiger partial charge in [0.2, 0.25) is 0 Å². The molecule has 1 saturated heterocycles. The molecule has 3 atom stereocenters. The first-order valence-corrected chi connectivity index (χ1v) is 8.30. The summed E-state index contributed by atoms with van der Waals surface area (Å²) in [6, 6.07) is 17.7. The Labute approximate surface area is 135 Å². The van der Waals surface area contributed by atoms with Crippen molar-refractivity contribution in [3.8, 4) is 0 Å². The SMILES string of the molecule is O=C(O[C@H]1CC[C@]23CCc4ccccc4[C@]12O3)c1ccccc1. The Balaban J connectivity index is 1.49. The number of ether oxygens (including phenoxy) is 2. The Hall–Kier alpha value is -2.13. The van der Waals surface area contributed by atoms with E-state index in [9.17, 15) is 4.79 Å². The average molecular weight is 306 g/mol. The molecule has 3 heteroatoms. The molecular formula is C20H18O3. The third-order valence-electron chi connectivity index (χ3n) is 5.73. The highest BCUT2D eigenvalue weighted by Gasteiger charge is 2.80. The molecule has 0 unspecified atom stereocenters. The van der Waals surface area contributed by atoms with Crippen LogP contribution in [0.25, 0.3) is 0 Å². The molecule has 23 heavy (non-hydrogen) atoms. The molecule has 1 aliphatic heterocycles. The topological polar surface area (TPSA) is 38.8 Å². The molecule has 0 N–H and O–H groups in total. The zero-order valence-corrected chi connectivity index (χ0v) is 12.8. The number of esters is 1. The van der Waals surface area contributed by atoms with Gasteiger partial charge in [-0.25, -0.2) is 4.79 Å². The zero-order chi connectivity index (χ0) is 15.5. The van der Waals surface area contributed by atoms with Gasteiger partial charge in [0.1, 0.15) is 11.7 Å². The van der Waals surface area contributed by atoms with E-state index in [-0.39, 0.29) is 17.7 Å². The van der Waals surface area contributed by atoms with Crippen LogP contribution in [0.5, 0.6) is 0 Å². The van der Waals surface area contributed by atoms with Gasteiger partial charge >= 0.3 is 5.97 Å². The van der Waals surface area contributed by atoms with E-state index in [0.717, 1.165) is 25.7 Å².